The summed E-state index contributed by atoms with van der Waals surface area (Å²) >= 11 is 0. The number of carbonyl (C=O) groups is 1. The van der Waals surface area contributed by atoms with Gasteiger partial charge in [-0.1, -0.05) is 13.8 Å². The topological polar surface area (TPSA) is 58.4 Å². The van der Waals surface area contributed by atoms with Gasteiger partial charge in [-0.2, -0.15) is 0 Å². The Balaban J connectivity index is 0.00000225. The normalized spacial score (nSPS) is 21.6. The van der Waals surface area contributed by atoms with E-state index in [1.54, 1.807) is 0 Å². The molecular weight excluding hydrogens is 226 g/mol. The third-order valence-corrected chi connectivity index (χ3v) is 2.62. The third kappa shape index (κ3) is 6.30. The Kier molecular flexibility index (Phi) is 7.72. The van der Waals surface area contributed by atoms with Gasteiger partial charge in [-0.15, -0.1) is 12.4 Å². The number of likely N-dealkylation sites (tertiary alicyclic amines) is 1. The number of rotatable bonds is 4. The summed E-state index contributed by atoms with van der Waals surface area (Å²) in [5.74, 6) is 0.635. The summed E-state index contributed by atoms with van der Waals surface area (Å²) in [4.78, 5) is 13.7. The van der Waals surface area contributed by atoms with Crippen LogP contribution in [0, 0.1) is 5.92 Å². The van der Waals surface area contributed by atoms with Crippen molar-refractivity contribution in [2.75, 3.05) is 26.2 Å². The molecule has 0 aromatic rings. The highest BCUT2D eigenvalue weighted by Gasteiger charge is 2.18. The summed E-state index contributed by atoms with van der Waals surface area (Å²) in [6.45, 7) is 7.31. The molecule has 3 N–H and O–H groups in total. The maximum absolute atomic E-state index is 11.5. The van der Waals surface area contributed by atoms with Crippen LogP contribution in [0.2, 0.25) is 0 Å². The molecule has 1 rings (SSSR count). The van der Waals surface area contributed by atoms with Crippen LogP contribution >= 0.6 is 12.4 Å². The Hall–Kier alpha value is -0.320. The lowest BCUT2D eigenvalue weighted by atomic mass is 10.1. The summed E-state index contributed by atoms with van der Waals surface area (Å²) in [6.07, 6.45) is 2.20. The maximum atomic E-state index is 11.5. The number of amides is 1. The monoisotopic (exact) mass is 249 g/mol. The molecule has 0 radical (unpaired) electrons. The number of hydrogen-bond acceptors (Lipinski definition) is 3. The van der Waals surface area contributed by atoms with Gasteiger partial charge in [-0.3, -0.25) is 9.69 Å². The lowest BCUT2D eigenvalue weighted by Crippen LogP contribution is -2.47. The second-order valence-corrected chi connectivity index (χ2v) is 4.84. The van der Waals surface area contributed by atoms with Crippen LogP contribution in [0.25, 0.3) is 0 Å². The molecule has 0 aliphatic carbocycles. The first-order valence-corrected chi connectivity index (χ1v) is 5.82. The number of halogens is 1. The summed E-state index contributed by atoms with van der Waals surface area (Å²) in [6, 6.07) is 0.247. The second-order valence-electron chi connectivity index (χ2n) is 4.84. The molecule has 0 aromatic heterocycles. The van der Waals surface area contributed by atoms with Crippen LogP contribution in [0.3, 0.4) is 0 Å². The van der Waals surface area contributed by atoms with E-state index in [0.29, 0.717) is 12.5 Å². The SMILES string of the molecule is CC(C)CNC(=O)CN1CCCC(N)C1.Cl. The van der Waals surface area contributed by atoms with Crippen LogP contribution < -0.4 is 11.1 Å². The number of piperidine rings is 1. The minimum atomic E-state index is 0. The van der Waals surface area contributed by atoms with Gasteiger partial charge in [0.1, 0.15) is 0 Å². The number of nitrogens with zero attached hydrogens (tertiary/aromatic N) is 1. The molecular formula is C11H24ClN3O. The molecule has 1 unspecified atom stereocenters. The quantitative estimate of drug-likeness (QED) is 0.767. The Bertz CT molecular complexity index is 211. The first-order valence-electron chi connectivity index (χ1n) is 5.82. The predicted octanol–water partition coefficient (Wildman–Crippen LogP) is 0.604. The molecule has 0 saturated carbocycles. The fourth-order valence-electron chi connectivity index (χ4n) is 1.81. The van der Waals surface area contributed by atoms with Gasteiger partial charge in [0, 0.05) is 19.1 Å². The molecule has 0 spiro atoms. The zero-order valence-electron chi connectivity index (χ0n) is 10.2. The Labute approximate surface area is 104 Å². The van der Waals surface area contributed by atoms with Crippen molar-refractivity contribution in [3.63, 3.8) is 0 Å². The molecule has 1 aliphatic heterocycles. The number of carbonyl (C=O) groups excluding carboxylic acids is 1. The van der Waals surface area contributed by atoms with Gasteiger partial charge in [0.25, 0.3) is 0 Å². The highest BCUT2D eigenvalue weighted by atomic mass is 35.5. The molecule has 1 atom stereocenters. The Morgan fingerprint density at radius 1 is 1.56 bits per heavy atom. The van der Waals surface area contributed by atoms with E-state index in [2.05, 4.69) is 24.1 Å². The van der Waals surface area contributed by atoms with Crippen LogP contribution in [0.4, 0.5) is 0 Å². The largest absolute Gasteiger partial charge is 0.355 e. The van der Waals surface area contributed by atoms with Gasteiger partial charge in [-0.25, -0.2) is 0 Å². The van der Waals surface area contributed by atoms with E-state index < -0.39 is 0 Å². The minimum absolute atomic E-state index is 0. The van der Waals surface area contributed by atoms with Gasteiger partial charge in [-0.05, 0) is 25.3 Å². The summed E-state index contributed by atoms with van der Waals surface area (Å²) in [5.41, 5.74) is 5.85. The van der Waals surface area contributed by atoms with Crippen molar-refractivity contribution < 1.29 is 4.79 Å². The van der Waals surface area contributed by atoms with Crippen molar-refractivity contribution in [2.24, 2.45) is 11.7 Å². The molecule has 0 bridgehead atoms. The van der Waals surface area contributed by atoms with Crippen LogP contribution in [0.5, 0.6) is 0 Å². The number of nitrogens with one attached hydrogen (secondary N) is 1. The molecule has 96 valence electrons. The van der Waals surface area contributed by atoms with E-state index in [1.807, 2.05) is 0 Å². The molecule has 1 fully saturated rings. The average Bonchev–Trinajstić information content (AvgIpc) is 2.15. The Morgan fingerprint density at radius 2 is 2.25 bits per heavy atom. The lowest BCUT2D eigenvalue weighted by Gasteiger charge is -2.30. The zero-order chi connectivity index (χ0) is 11.3. The molecule has 1 saturated heterocycles. The van der Waals surface area contributed by atoms with Crippen molar-refractivity contribution in [1.82, 2.24) is 10.2 Å². The van der Waals surface area contributed by atoms with Gasteiger partial charge in [0.15, 0.2) is 0 Å². The second kappa shape index (κ2) is 7.87. The average molecular weight is 250 g/mol. The smallest absolute Gasteiger partial charge is 0.234 e. The van der Waals surface area contributed by atoms with Crippen LogP contribution in [0.15, 0.2) is 0 Å². The fraction of sp³-hybridized carbons (Fsp3) is 0.909. The molecule has 5 heteroatoms. The van der Waals surface area contributed by atoms with Gasteiger partial charge >= 0.3 is 0 Å². The van der Waals surface area contributed by atoms with Gasteiger partial charge in [0.2, 0.25) is 5.91 Å². The highest BCUT2D eigenvalue weighted by Crippen LogP contribution is 2.07. The number of nitrogens with two attached hydrogens (primary N) is 1. The van der Waals surface area contributed by atoms with E-state index in [9.17, 15) is 4.79 Å². The molecule has 1 amide bonds. The molecule has 1 heterocycles. The van der Waals surface area contributed by atoms with Gasteiger partial charge < -0.3 is 11.1 Å². The molecule has 4 nitrogen and oxygen atoms in total. The lowest BCUT2D eigenvalue weighted by molar-refractivity contribution is -0.122. The van der Waals surface area contributed by atoms with Gasteiger partial charge in [0.05, 0.1) is 6.54 Å². The molecule has 16 heavy (non-hydrogen) atoms. The molecule has 0 aromatic carbocycles. The maximum Gasteiger partial charge on any atom is 0.234 e. The standard InChI is InChI=1S/C11H23N3O.ClH/c1-9(2)6-13-11(15)8-14-5-3-4-10(12)7-14;/h9-10H,3-8,12H2,1-2H3,(H,13,15);1H. The van der Waals surface area contributed by atoms with Crippen molar-refractivity contribution in [1.29, 1.82) is 0 Å². The third-order valence-electron chi connectivity index (χ3n) is 2.62. The van der Waals surface area contributed by atoms with E-state index in [-0.39, 0.29) is 24.4 Å². The van der Waals surface area contributed by atoms with Crippen molar-refractivity contribution in [3.8, 4) is 0 Å². The summed E-state index contributed by atoms with van der Waals surface area (Å²) in [7, 11) is 0. The van der Waals surface area contributed by atoms with Crippen LogP contribution in [0.1, 0.15) is 26.7 Å². The van der Waals surface area contributed by atoms with Crippen molar-refractivity contribution >= 4 is 18.3 Å². The van der Waals surface area contributed by atoms with Crippen LogP contribution in [-0.2, 0) is 4.79 Å². The van der Waals surface area contributed by atoms with Crippen molar-refractivity contribution in [3.05, 3.63) is 0 Å². The van der Waals surface area contributed by atoms with Crippen LogP contribution in [-0.4, -0.2) is 43.0 Å². The number of hydrogen-bond donors (Lipinski definition) is 2. The highest BCUT2D eigenvalue weighted by molar-refractivity contribution is 5.85. The summed E-state index contributed by atoms with van der Waals surface area (Å²) < 4.78 is 0. The molecule has 1 aliphatic rings. The van der Waals surface area contributed by atoms with E-state index >= 15 is 0 Å². The van der Waals surface area contributed by atoms with E-state index in [4.69, 9.17) is 5.73 Å². The van der Waals surface area contributed by atoms with E-state index in [0.717, 1.165) is 32.5 Å². The zero-order valence-corrected chi connectivity index (χ0v) is 11.1. The first kappa shape index (κ1) is 15.7. The summed E-state index contributed by atoms with van der Waals surface area (Å²) in [5, 5.41) is 2.92. The van der Waals surface area contributed by atoms with E-state index in [1.165, 1.54) is 0 Å². The minimum Gasteiger partial charge on any atom is -0.355 e. The Morgan fingerprint density at radius 3 is 2.81 bits per heavy atom. The first-order chi connectivity index (χ1) is 7.08. The van der Waals surface area contributed by atoms with Crippen molar-refractivity contribution in [2.45, 2.75) is 32.7 Å². The predicted molar refractivity (Wildman–Crippen MR) is 68.7 cm³/mol. The fourth-order valence-corrected chi connectivity index (χ4v) is 1.81.